The van der Waals surface area contributed by atoms with Gasteiger partial charge in [0.1, 0.15) is 0 Å². The van der Waals surface area contributed by atoms with Crippen molar-refractivity contribution in [1.29, 1.82) is 16.1 Å². The molecule has 2 aromatic rings. The van der Waals surface area contributed by atoms with Crippen LogP contribution < -0.4 is 11.1 Å². The Hall–Kier alpha value is -3.92. The predicted molar refractivity (Wildman–Crippen MR) is 124 cm³/mol. The number of likely N-dealkylation sites (tertiary alicyclic amines) is 1. The first-order valence-electron chi connectivity index (χ1n) is 10.1. The fourth-order valence-corrected chi connectivity index (χ4v) is 3.97. The Balaban J connectivity index is 1.67. The van der Waals surface area contributed by atoms with Crippen LogP contribution in [-0.2, 0) is 0 Å². The van der Waals surface area contributed by atoms with Crippen LogP contribution in [0.25, 0.3) is 5.57 Å². The van der Waals surface area contributed by atoms with Gasteiger partial charge in [-0.3, -0.25) is 4.79 Å². The molecule has 2 unspecified atom stereocenters. The molecule has 1 heterocycles. The molecule has 31 heavy (non-hydrogen) atoms. The lowest BCUT2D eigenvalue weighted by Crippen LogP contribution is -2.34. The average molecular weight is 415 g/mol. The maximum atomic E-state index is 12.9. The number of nitrogens with zero attached hydrogens (tertiary/aromatic N) is 2. The van der Waals surface area contributed by atoms with Crippen LogP contribution >= 0.6 is 0 Å². The van der Waals surface area contributed by atoms with Gasteiger partial charge in [-0.2, -0.15) is 5.26 Å². The number of carbonyl (C=O) groups excluding carboxylic acids is 1. The summed E-state index contributed by atoms with van der Waals surface area (Å²) in [7, 11) is 0. The van der Waals surface area contributed by atoms with Crippen molar-refractivity contribution in [1.82, 2.24) is 4.90 Å². The quantitative estimate of drug-likeness (QED) is 0.517. The number of hydrogen-bond donors (Lipinski definition) is 4. The Kier molecular flexibility index (Phi) is 6.83. The van der Waals surface area contributed by atoms with Crippen LogP contribution in [0.4, 0.5) is 5.69 Å². The van der Waals surface area contributed by atoms with E-state index in [9.17, 15) is 4.79 Å². The summed E-state index contributed by atoms with van der Waals surface area (Å²) in [5, 5.41) is 27.6. The lowest BCUT2D eigenvalue weighted by molar-refractivity contribution is 0.0743. The molecule has 1 aliphatic rings. The molecule has 2 aromatic carbocycles. The van der Waals surface area contributed by atoms with Crippen molar-refractivity contribution in [3.05, 3.63) is 70.9 Å². The topological polar surface area (TPSA) is 130 Å². The summed E-state index contributed by atoms with van der Waals surface area (Å²) < 4.78 is 0. The Labute approximate surface area is 182 Å². The minimum absolute atomic E-state index is 0.0515. The first-order chi connectivity index (χ1) is 15.0. The van der Waals surface area contributed by atoms with Gasteiger partial charge in [0.15, 0.2) is 0 Å². The van der Waals surface area contributed by atoms with Crippen molar-refractivity contribution < 1.29 is 4.79 Å². The third-order valence-electron chi connectivity index (χ3n) is 5.62. The molecule has 1 aliphatic heterocycles. The highest BCUT2D eigenvalue weighted by molar-refractivity contribution is 6.08. The summed E-state index contributed by atoms with van der Waals surface area (Å²) in [6.07, 6.45) is 4.72. The molecule has 7 nitrogen and oxygen atoms in total. The second-order valence-electron chi connectivity index (χ2n) is 7.69. The standard InChI is InChI=1S/C24H26N6O/c1-16-7-18(15-30(16)24(31)20-4-2-3-17(8-20)10-25)14-29-23-6-5-19(9-21(23)11-26)22(12-27)13-28/h2-6,8-9,11-13,16,18,26-27,29H,7,14-15,28H2,1H3/b22-13+,26-11?,27-12?. The molecule has 0 aromatic heterocycles. The molecule has 1 fully saturated rings. The SMILES string of the molecule is CC1CC(CNc2ccc(/C(C=N)=C/N)cc2C=N)CN1C(=O)c1cccc(C#N)c1. The molecule has 0 bridgehead atoms. The van der Waals surface area contributed by atoms with E-state index in [0.29, 0.717) is 35.4 Å². The van der Waals surface area contributed by atoms with E-state index in [0.717, 1.165) is 17.7 Å². The molecule has 7 heteroatoms. The van der Waals surface area contributed by atoms with Crippen molar-refractivity contribution in [2.24, 2.45) is 11.7 Å². The summed E-state index contributed by atoms with van der Waals surface area (Å²) >= 11 is 0. The van der Waals surface area contributed by atoms with Crippen LogP contribution in [0.5, 0.6) is 0 Å². The molecule has 2 atom stereocenters. The van der Waals surface area contributed by atoms with Gasteiger partial charge in [-0.1, -0.05) is 12.1 Å². The smallest absolute Gasteiger partial charge is 0.254 e. The van der Waals surface area contributed by atoms with E-state index >= 15 is 0 Å². The largest absolute Gasteiger partial charge is 0.404 e. The van der Waals surface area contributed by atoms with Crippen molar-refractivity contribution in [3.8, 4) is 6.07 Å². The Morgan fingerprint density at radius 1 is 1.29 bits per heavy atom. The zero-order valence-electron chi connectivity index (χ0n) is 17.4. The number of amides is 1. The maximum Gasteiger partial charge on any atom is 0.254 e. The number of allylic oxidation sites excluding steroid dienone is 1. The maximum absolute atomic E-state index is 12.9. The Morgan fingerprint density at radius 2 is 2.10 bits per heavy atom. The molecule has 158 valence electrons. The minimum Gasteiger partial charge on any atom is -0.404 e. The second kappa shape index (κ2) is 9.72. The summed E-state index contributed by atoms with van der Waals surface area (Å²) in [6, 6.07) is 14.6. The van der Waals surface area contributed by atoms with Crippen LogP contribution in [0.2, 0.25) is 0 Å². The van der Waals surface area contributed by atoms with Crippen molar-refractivity contribution in [3.63, 3.8) is 0 Å². The van der Waals surface area contributed by atoms with E-state index < -0.39 is 0 Å². The summed E-state index contributed by atoms with van der Waals surface area (Å²) in [4.78, 5) is 14.8. The van der Waals surface area contributed by atoms with Gasteiger partial charge in [0, 0.05) is 60.1 Å². The lowest BCUT2D eigenvalue weighted by atomic mass is 10.0. The average Bonchev–Trinajstić information content (AvgIpc) is 3.18. The van der Waals surface area contributed by atoms with Crippen molar-refractivity contribution in [2.45, 2.75) is 19.4 Å². The van der Waals surface area contributed by atoms with Gasteiger partial charge in [0.25, 0.3) is 5.91 Å². The normalized spacial score (nSPS) is 18.3. The van der Waals surface area contributed by atoms with Crippen LogP contribution in [0.3, 0.4) is 0 Å². The molecule has 0 radical (unpaired) electrons. The molecule has 0 spiro atoms. The number of anilines is 1. The fourth-order valence-electron chi connectivity index (χ4n) is 3.97. The predicted octanol–water partition coefficient (Wildman–Crippen LogP) is 3.47. The Morgan fingerprint density at radius 3 is 2.77 bits per heavy atom. The number of nitrogens with one attached hydrogen (secondary N) is 3. The number of nitrogens with two attached hydrogens (primary N) is 1. The Bertz CT molecular complexity index is 1070. The van der Waals surface area contributed by atoms with Gasteiger partial charge < -0.3 is 26.8 Å². The van der Waals surface area contributed by atoms with Gasteiger partial charge >= 0.3 is 0 Å². The summed E-state index contributed by atoms with van der Waals surface area (Å²) in [6.45, 7) is 3.36. The van der Waals surface area contributed by atoms with Crippen molar-refractivity contribution in [2.75, 3.05) is 18.4 Å². The van der Waals surface area contributed by atoms with Gasteiger partial charge in [0.2, 0.25) is 0 Å². The van der Waals surface area contributed by atoms with Gasteiger partial charge in [-0.15, -0.1) is 0 Å². The van der Waals surface area contributed by atoms with Crippen LogP contribution in [-0.4, -0.2) is 42.4 Å². The fraction of sp³-hybridized carbons (Fsp3) is 0.250. The third kappa shape index (κ3) is 4.81. The van der Waals surface area contributed by atoms with Crippen LogP contribution in [0.1, 0.15) is 40.4 Å². The number of rotatable bonds is 7. The van der Waals surface area contributed by atoms with Gasteiger partial charge in [-0.05, 0) is 55.2 Å². The number of nitriles is 1. The van der Waals surface area contributed by atoms with E-state index in [2.05, 4.69) is 11.4 Å². The molecule has 1 saturated heterocycles. The second-order valence-corrected chi connectivity index (χ2v) is 7.69. The first kappa shape index (κ1) is 21.8. The van der Waals surface area contributed by atoms with Crippen molar-refractivity contribution >= 4 is 29.6 Å². The molecule has 0 saturated carbocycles. The van der Waals surface area contributed by atoms with Crippen LogP contribution in [0, 0.1) is 28.1 Å². The molecule has 5 N–H and O–H groups in total. The lowest BCUT2D eigenvalue weighted by Gasteiger charge is -2.21. The monoisotopic (exact) mass is 414 g/mol. The first-order valence-corrected chi connectivity index (χ1v) is 10.1. The summed E-state index contributed by atoms with van der Waals surface area (Å²) in [5.74, 6) is 0.224. The minimum atomic E-state index is -0.0515. The number of carbonyl (C=O) groups is 1. The highest BCUT2D eigenvalue weighted by Crippen LogP contribution is 2.27. The summed E-state index contributed by atoms with van der Waals surface area (Å²) in [5.41, 5.74) is 9.50. The van der Waals surface area contributed by atoms with E-state index in [-0.39, 0.29) is 17.9 Å². The number of benzene rings is 2. The highest BCUT2D eigenvalue weighted by atomic mass is 16.2. The third-order valence-corrected chi connectivity index (χ3v) is 5.62. The molecule has 0 aliphatic carbocycles. The van der Waals surface area contributed by atoms with Gasteiger partial charge in [-0.25, -0.2) is 0 Å². The number of hydrogen-bond acceptors (Lipinski definition) is 6. The zero-order chi connectivity index (χ0) is 22.4. The molecule has 3 rings (SSSR count). The van der Waals surface area contributed by atoms with Gasteiger partial charge in [0.05, 0.1) is 11.6 Å². The molecule has 1 amide bonds. The zero-order valence-corrected chi connectivity index (χ0v) is 17.4. The van der Waals surface area contributed by atoms with E-state index in [4.69, 9.17) is 21.8 Å². The van der Waals surface area contributed by atoms with E-state index in [1.807, 2.05) is 30.0 Å². The molecular weight excluding hydrogens is 388 g/mol. The van der Waals surface area contributed by atoms with E-state index in [1.54, 1.807) is 24.3 Å². The van der Waals surface area contributed by atoms with E-state index in [1.165, 1.54) is 18.6 Å². The molecular formula is C24H26N6O. The van der Waals surface area contributed by atoms with Crippen LogP contribution in [0.15, 0.2) is 48.7 Å². The highest BCUT2D eigenvalue weighted by Gasteiger charge is 2.32.